The van der Waals surface area contributed by atoms with Crippen molar-refractivity contribution in [1.82, 2.24) is 20.2 Å². The van der Waals surface area contributed by atoms with Crippen LogP contribution >= 0.6 is 11.3 Å². The van der Waals surface area contributed by atoms with Crippen molar-refractivity contribution < 1.29 is 0 Å². The molecule has 0 fully saturated rings. The standard InChI is InChI=1S/C11H8N4OS/c16-8-3-4-12-6-7(8)10-13-11(15-14-10)9-2-1-5-17-9/h1-6H,(H,12,16)(H,13,14,15). The van der Waals surface area contributed by atoms with Gasteiger partial charge in [-0.15, -0.1) is 11.3 Å². The minimum absolute atomic E-state index is 0.0968. The number of aromatic amines is 2. The van der Waals surface area contributed by atoms with Crippen LogP contribution in [0.25, 0.3) is 22.1 Å². The number of H-pyrrole nitrogens is 2. The number of thiophene rings is 1. The van der Waals surface area contributed by atoms with E-state index in [-0.39, 0.29) is 5.43 Å². The van der Waals surface area contributed by atoms with Crippen LogP contribution in [0.3, 0.4) is 0 Å². The summed E-state index contributed by atoms with van der Waals surface area (Å²) in [4.78, 5) is 19.8. The highest BCUT2D eigenvalue weighted by Crippen LogP contribution is 2.22. The van der Waals surface area contributed by atoms with Gasteiger partial charge in [-0.25, -0.2) is 4.98 Å². The molecule has 0 aromatic carbocycles. The molecular formula is C11H8N4OS. The van der Waals surface area contributed by atoms with Gasteiger partial charge < -0.3 is 4.98 Å². The van der Waals surface area contributed by atoms with E-state index in [1.807, 2.05) is 17.5 Å². The van der Waals surface area contributed by atoms with Gasteiger partial charge >= 0.3 is 0 Å². The highest BCUT2D eigenvalue weighted by atomic mass is 32.1. The molecule has 0 saturated carbocycles. The molecule has 0 spiro atoms. The van der Waals surface area contributed by atoms with Gasteiger partial charge in [0.2, 0.25) is 0 Å². The van der Waals surface area contributed by atoms with Crippen molar-refractivity contribution in [2.75, 3.05) is 0 Å². The fourth-order valence-electron chi connectivity index (χ4n) is 1.50. The van der Waals surface area contributed by atoms with Gasteiger partial charge in [0.15, 0.2) is 17.1 Å². The van der Waals surface area contributed by atoms with Crippen LogP contribution in [0.15, 0.2) is 40.8 Å². The van der Waals surface area contributed by atoms with E-state index in [1.54, 1.807) is 23.7 Å². The number of nitrogens with one attached hydrogen (secondary N) is 2. The molecule has 3 aromatic heterocycles. The Morgan fingerprint density at radius 2 is 2.24 bits per heavy atom. The van der Waals surface area contributed by atoms with Gasteiger partial charge in [0, 0.05) is 18.5 Å². The second-order valence-corrected chi connectivity index (χ2v) is 4.35. The average molecular weight is 244 g/mol. The first-order chi connectivity index (χ1) is 8.34. The van der Waals surface area contributed by atoms with Crippen LogP contribution < -0.4 is 5.43 Å². The van der Waals surface area contributed by atoms with Crippen LogP contribution in [0.2, 0.25) is 0 Å². The lowest BCUT2D eigenvalue weighted by Gasteiger charge is -1.91. The molecule has 3 aromatic rings. The second kappa shape index (κ2) is 3.99. The summed E-state index contributed by atoms with van der Waals surface area (Å²) in [5.74, 6) is 1.09. The normalized spacial score (nSPS) is 10.6. The van der Waals surface area contributed by atoms with E-state index in [0.29, 0.717) is 17.2 Å². The molecule has 6 heteroatoms. The van der Waals surface area contributed by atoms with Crippen LogP contribution in [0.4, 0.5) is 0 Å². The fourth-order valence-corrected chi connectivity index (χ4v) is 2.16. The van der Waals surface area contributed by atoms with Crippen molar-refractivity contribution in [1.29, 1.82) is 0 Å². The van der Waals surface area contributed by atoms with E-state index >= 15 is 0 Å². The van der Waals surface area contributed by atoms with E-state index < -0.39 is 0 Å². The Morgan fingerprint density at radius 3 is 3.00 bits per heavy atom. The minimum Gasteiger partial charge on any atom is -0.367 e. The molecule has 3 heterocycles. The summed E-state index contributed by atoms with van der Waals surface area (Å²) in [5.41, 5.74) is 0.368. The number of hydrogen-bond donors (Lipinski definition) is 2. The first kappa shape index (κ1) is 9.98. The molecule has 0 unspecified atom stereocenters. The highest BCUT2D eigenvalue weighted by molar-refractivity contribution is 7.13. The molecule has 0 amide bonds. The van der Waals surface area contributed by atoms with Crippen LogP contribution in [0.1, 0.15) is 0 Å². The third kappa shape index (κ3) is 1.78. The van der Waals surface area contributed by atoms with Gasteiger partial charge in [-0.3, -0.25) is 9.89 Å². The molecule has 5 nitrogen and oxygen atoms in total. The van der Waals surface area contributed by atoms with Gasteiger partial charge in [-0.1, -0.05) is 6.07 Å². The van der Waals surface area contributed by atoms with E-state index in [1.165, 1.54) is 6.07 Å². The van der Waals surface area contributed by atoms with Gasteiger partial charge in [0.1, 0.15) is 0 Å². The fraction of sp³-hybridized carbons (Fsp3) is 0. The average Bonchev–Trinajstić information content (AvgIpc) is 3.00. The first-order valence-corrected chi connectivity index (χ1v) is 5.86. The van der Waals surface area contributed by atoms with Gasteiger partial charge in [0.25, 0.3) is 0 Å². The van der Waals surface area contributed by atoms with Crippen molar-refractivity contribution in [2.45, 2.75) is 0 Å². The molecule has 0 radical (unpaired) electrons. The van der Waals surface area contributed by atoms with E-state index in [0.717, 1.165) is 4.88 Å². The molecule has 2 N–H and O–H groups in total. The summed E-state index contributed by atoms with van der Waals surface area (Å²) in [7, 11) is 0. The topological polar surface area (TPSA) is 74.4 Å². The maximum atomic E-state index is 11.6. The third-order valence-electron chi connectivity index (χ3n) is 2.30. The molecule has 0 saturated heterocycles. The number of pyridine rings is 1. The summed E-state index contributed by atoms with van der Waals surface area (Å²) in [6.07, 6.45) is 3.18. The van der Waals surface area contributed by atoms with Crippen molar-refractivity contribution in [3.8, 4) is 22.1 Å². The predicted molar refractivity (Wildman–Crippen MR) is 65.8 cm³/mol. The maximum Gasteiger partial charge on any atom is 0.192 e. The van der Waals surface area contributed by atoms with Gasteiger partial charge in [-0.05, 0) is 11.4 Å². The molecule has 0 aliphatic carbocycles. The lowest BCUT2D eigenvalue weighted by molar-refractivity contribution is 1.10. The maximum absolute atomic E-state index is 11.6. The predicted octanol–water partition coefficient (Wildman–Crippen LogP) is 1.89. The zero-order valence-electron chi connectivity index (χ0n) is 8.68. The van der Waals surface area contributed by atoms with Gasteiger partial charge in [-0.2, -0.15) is 5.10 Å². The van der Waals surface area contributed by atoms with E-state index in [2.05, 4.69) is 20.2 Å². The number of aromatic nitrogens is 4. The van der Waals surface area contributed by atoms with Crippen molar-refractivity contribution >= 4 is 11.3 Å². The number of hydrogen-bond acceptors (Lipinski definition) is 4. The third-order valence-corrected chi connectivity index (χ3v) is 3.18. The smallest absolute Gasteiger partial charge is 0.192 e. The van der Waals surface area contributed by atoms with Crippen LogP contribution in [0.5, 0.6) is 0 Å². The summed E-state index contributed by atoms with van der Waals surface area (Å²) >= 11 is 1.57. The van der Waals surface area contributed by atoms with Crippen LogP contribution in [-0.4, -0.2) is 20.2 Å². The monoisotopic (exact) mass is 244 g/mol. The van der Waals surface area contributed by atoms with Crippen molar-refractivity contribution in [3.63, 3.8) is 0 Å². The van der Waals surface area contributed by atoms with E-state index in [9.17, 15) is 4.79 Å². The summed E-state index contributed by atoms with van der Waals surface area (Å²) in [6, 6.07) is 5.35. The zero-order chi connectivity index (χ0) is 11.7. The Kier molecular flexibility index (Phi) is 2.34. The summed E-state index contributed by atoms with van der Waals surface area (Å²) in [6.45, 7) is 0. The zero-order valence-corrected chi connectivity index (χ0v) is 9.49. The first-order valence-electron chi connectivity index (χ1n) is 4.98. The Hall–Kier alpha value is -2.21. The molecule has 3 rings (SSSR count). The van der Waals surface area contributed by atoms with Crippen molar-refractivity contribution in [2.24, 2.45) is 0 Å². The Morgan fingerprint density at radius 1 is 1.29 bits per heavy atom. The largest absolute Gasteiger partial charge is 0.367 e. The molecule has 17 heavy (non-hydrogen) atoms. The highest BCUT2D eigenvalue weighted by Gasteiger charge is 2.10. The summed E-state index contributed by atoms with van der Waals surface area (Å²) < 4.78 is 0. The Labute approximate surface area is 100 Å². The lowest BCUT2D eigenvalue weighted by Crippen LogP contribution is -2.03. The second-order valence-electron chi connectivity index (χ2n) is 3.41. The Bertz CT molecular complexity index is 683. The van der Waals surface area contributed by atoms with Crippen molar-refractivity contribution in [3.05, 3.63) is 46.2 Å². The Balaban J connectivity index is 2.07. The van der Waals surface area contributed by atoms with Crippen LogP contribution in [-0.2, 0) is 0 Å². The molecule has 84 valence electrons. The molecule has 0 bridgehead atoms. The SMILES string of the molecule is O=c1cc[nH]cc1-c1n[nH]c(-c2cccs2)n1. The lowest BCUT2D eigenvalue weighted by atomic mass is 10.2. The molecule has 0 aliphatic heterocycles. The van der Waals surface area contributed by atoms with Crippen LogP contribution in [0, 0.1) is 0 Å². The quantitative estimate of drug-likeness (QED) is 0.722. The van der Waals surface area contributed by atoms with E-state index in [4.69, 9.17) is 0 Å². The number of rotatable bonds is 2. The summed E-state index contributed by atoms with van der Waals surface area (Å²) in [5, 5.41) is 8.85. The minimum atomic E-state index is -0.0968. The molecule has 0 aliphatic rings. The van der Waals surface area contributed by atoms with Gasteiger partial charge in [0.05, 0.1) is 10.4 Å². The molecule has 0 atom stereocenters. The number of nitrogens with zero attached hydrogens (tertiary/aromatic N) is 2. The molecular weight excluding hydrogens is 236 g/mol.